The lowest BCUT2D eigenvalue weighted by atomic mass is 10.1. The molecule has 1 heterocycles. The summed E-state index contributed by atoms with van der Waals surface area (Å²) in [5.41, 5.74) is 0.396. The SMILES string of the molecule is CN(Cc1ccccc1F)C(=O)/C=C/c1cc2c(cc1[N+](=O)[O-])OCO2. The molecule has 2 aromatic carbocycles. The maximum Gasteiger partial charge on any atom is 0.280 e. The van der Waals surface area contributed by atoms with Crippen molar-refractivity contribution in [2.75, 3.05) is 13.8 Å². The number of amides is 1. The van der Waals surface area contributed by atoms with Gasteiger partial charge in [-0.3, -0.25) is 14.9 Å². The summed E-state index contributed by atoms with van der Waals surface area (Å²) in [6.45, 7) is 0.0725. The Bertz CT molecular complexity index is 897. The molecule has 0 radical (unpaired) electrons. The predicted octanol–water partition coefficient (Wildman–Crippen LogP) is 3.13. The van der Waals surface area contributed by atoms with Gasteiger partial charge in [-0.1, -0.05) is 18.2 Å². The molecule has 1 aliphatic heterocycles. The van der Waals surface area contributed by atoms with Gasteiger partial charge >= 0.3 is 0 Å². The highest BCUT2D eigenvalue weighted by Crippen LogP contribution is 2.38. The molecule has 0 unspecified atom stereocenters. The number of ether oxygens (including phenoxy) is 2. The standard InChI is InChI=1S/C18H15FN2O5/c1-20(10-13-4-2-3-5-14(13)19)18(22)7-6-12-8-16-17(26-11-25-16)9-15(12)21(23)24/h2-9H,10-11H2,1H3/b7-6+. The lowest BCUT2D eigenvalue weighted by molar-refractivity contribution is -0.385. The quantitative estimate of drug-likeness (QED) is 0.466. The zero-order valence-electron chi connectivity index (χ0n) is 13.8. The first-order valence-corrected chi connectivity index (χ1v) is 7.70. The highest BCUT2D eigenvalue weighted by Gasteiger charge is 2.22. The fourth-order valence-electron chi connectivity index (χ4n) is 2.49. The van der Waals surface area contributed by atoms with Gasteiger partial charge in [-0.15, -0.1) is 0 Å². The topological polar surface area (TPSA) is 81.9 Å². The van der Waals surface area contributed by atoms with Crippen LogP contribution < -0.4 is 9.47 Å². The van der Waals surface area contributed by atoms with E-state index in [0.29, 0.717) is 11.3 Å². The molecule has 0 saturated heterocycles. The lowest BCUT2D eigenvalue weighted by Crippen LogP contribution is -2.24. The van der Waals surface area contributed by atoms with Crippen LogP contribution in [0.1, 0.15) is 11.1 Å². The van der Waals surface area contributed by atoms with E-state index < -0.39 is 16.6 Å². The van der Waals surface area contributed by atoms with Crippen molar-refractivity contribution < 1.29 is 23.6 Å². The minimum atomic E-state index is -0.560. The van der Waals surface area contributed by atoms with Crippen LogP contribution in [0.15, 0.2) is 42.5 Å². The Hall–Kier alpha value is -3.42. The fourth-order valence-corrected chi connectivity index (χ4v) is 2.49. The van der Waals surface area contributed by atoms with E-state index in [9.17, 15) is 19.3 Å². The van der Waals surface area contributed by atoms with E-state index in [1.807, 2.05) is 0 Å². The fraction of sp³-hybridized carbons (Fsp3) is 0.167. The largest absolute Gasteiger partial charge is 0.454 e. The Labute approximate surface area is 148 Å². The van der Waals surface area contributed by atoms with Gasteiger partial charge in [0.15, 0.2) is 11.5 Å². The summed E-state index contributed by atoms with van der Waals surface area (Å²) in [7, 11) is 1.52. The summed E-state index contributed by atoms with van der Waals surface area (Å²) in [6.07, 6.45) is 2.53. The minimum absolute atomic E-state index is 0.00996. The minimum Gasteiger partial charge on any atom is -0.454 e. The maximum absolute atomic E-state index is 13.7. The molecule has 26 heavy (non-hydrogen) atoms. The van der Waals surface area contributed by atoms with Crippen LogP contribution in [0, 0.1) is 15.9 Å². The van der Waals surface area contributed by atoms with Crippen molar-refractivity contribution in [1.82, 2.24) is 4.90 Å². The molecule has 0 spiro atoms. The molecule has 0 fully saturated rings. The van der Waals surface area contributed by atoms with Crippen molar-refractivity contribution in [2.45, 2.75) is 6.54 Å². The molecule has 3 rings (SSSR count). The molecule has 2 aromatic rings. The van der Waals surface area contributed by atoms with E-state index >= 15 is 0 Å². The lowest BCUT2D eigenvalue weighted by Gasteiger charge is -2.15. The number of halogens is 1. The van der Waals surface area contributed by atoms with Crippen LogP contribution in [0.2, 0.25) is 0 Å². The zero-order valence-corrected chi connectivity index (χ0v) is 13.8. The third kappa shape index (κ3) is 3.64. The van der Waals surface area contributed by atoms with Crippen molar-refractivity contribution in [3.8, 4) is 11.5 Å². The number of hydrogen-bond acceptors (Lipinski definition) is 5. The summed E-state index contributed by atoms with van der Waals surface area (Å²) < 4.78 is 24.0. The van der Waals surface area contributed by atoms with Crippen LogP contribution in [-0.2, 0) is 11.3 Å². The van der Waals surface area contributed by atoms with Crippen LogP contribution in [-0.4, -0.2) is 29.6 Å². The number of carbonyl (C=O) groups is 1. The van der Waals surface area contributed by atoms with Crippen LogP contribution in [0.25, 0.3) is 6.08 Å². The zero-order chi connectivity index (χ0) is 18.7. The number of fused-ring (bicyclic) bond motifs is 1. The molecule has 134 valence electrons. The molecule has 7 nitrogen and oxygen atoms in total. The van der Waals surface area contributed by atoms with Gasteiger partial charge in [0.2, 0.25) is 12.7 Å². The molecule has 0 bridgehead atoms. The van der Waals surface area contributed by atoms with Crippen LogP contribution in [0.5, 0.6) is 11.5 Å². The number of nitrogens with zero attached hydrogens (tertiary/aromatic N) is 2. The van der Waals surface area contributed by atoms with Crippen LogP contribution in [0.4, 0.5) is 10.1 Å². The summed E-state index contributed by atoms with van der Waals surface area (Å²) in [5.74, 6) is -0.151. The summed E-state index contributed by atoms with van der Waals surface area (Å²) in [5, 5.41) is 11.2. The Morgan fingerprint density at radius 1 is 1.31 bits per heavy atom. The third-order valence-electron chi connectivity index (χ3n) is 3.87. The molecule has 1 amide bonds. The summed E-state index contributed by atoms with van der Waals surface area (Å²) in [4.78, 5) is 24.2. The van der Waals surface area contributed by atoms with Crippen molar-refractivity contribution in [2.24, 2.45) is 0 Å². The van der Waals surface area contributed by atoms with Crippen molar-refractivity contribution in [1.29, 1.82) is 0 Å². The molecule has 0 aromatic heterocycles. The first-order valence-electron chi connectivity index (χ1n) is 7.70. The van der Waals surface area contributed by atoms with Gasteiger partial charge in [-0.2, -0.15) is 0 Å². The monoisotopic (exact) mass is 358 g/mol. The first kappa shape index (κ1) is 17.4. The maximum atomic E-state index is 13.7. The second-order valence-corrected chi connectivity index (χ2v) is 5.64. The molecular weight excluding hydrogens is 343 g/mol. The van der Waals surface area contributed by atoms with Gasteiger partial charge in [0.1, 0.15) is 5.82 Å². The number of nitro groups is 1. The molecule has 8 heteroatoms. The number of hydrogen-bond donors (Lipinski definition) is 0. The molecule has 0 aliphatic carbocycles. The van der Waals surface area contributed by atoms with Gasteiger partial charge in [0.05, 0.1) is 16.6 Å². The Morgan fingerprint density at radius 3 is 2.69 bits per heavy atom. The van der Waals surface area contributed by atoms with E-state index in [-0.39, 0.29) is 30.3 Å². The van der Waals surface area contributed by atoms with Crippen molar-refractivity contribution >= 4 is 17.7 Å². The molecule has 0 atom stereocenters. The number of likely N-dealkylation sites (N-methyl/N-ethyl adjacent to an activating group) is 1. The number of nitro benzene ring substituents is 1. The van der Waals surface area contributed by atoms with E-state index in [1.54, 1.807) is 18.2 Å². The van der Waals surface area contributed by atoms with Gasteiger partial charge in [-0.25, -0.2) is 4.39 Å². The normalized spacial score (nSPS) is 12.4. The number of rotatable bonds is 5. The van der Waals surface area contributed by atoms with Gasteiger partial charge in [0.25, 0.3) is 5.69 Å². The smallest absolute Gasteiger partial charge is 0.280 e. The highest BCUT2D eigenvalue weighted by molar-refractivity contribution is 5.92. The van der Waals surface area contributed by atoms with Gasteiger partial charge in [0, 0.05) is 25.2 Å². The second kappa shape index (κ2) is 7.22. The van der Waals surface area contributed by atoms with E-state index in [2.05, 4.69) is 0 Å². The Morgan fingerprint density at radius 2 is 2.00 bits per heavy atom. The molecule has 1 aliphatic rings. The highest BCUT2D eigenvalue weighted by atomic mass is 19.1. The summed E-state index contributed by atoms with van der Waals surface area (Å²) in [6, 6.07) is 8.86. The van der Waals surface area contributed by atoms with Crippen molar-refractivity contribution in [3.63, 3.8) is 0 Å². The Kier molecular flexibility index (Phi) is 4.83. The van der Waals surface area contributed by atoms with Crippen LogP contribution in [0.3, 0.4) is 0 Å². The molecule has 0 N–H and O–H groups in total. The van der Waals surface area contributed by atoms with E-state index in [1.165, 1.54) is 42.3 Å². The van der Waals surface area contributed by atoms with Gasteiger partial charge in [-0.05, 0) is 18.2 Å². The first-order chi connectivity index (χ1) is 12.5. The molecule has 0 saturated carbocycles. The van der Waals surface area contributed by atoms with E-state index in [4.69, 9.17) is 9.47 Å². The second-order valence-electron chi connectivity index (χ2n) is 5.64. The summed E-state index contributed by atoms with van der Waals surface area (Å²) >= 11 is 0. The van der Waals surface area contributed by atoms with Gasteiger partial charge < -0.3 is 14.4 Å². The number of benzene rings is 2. The van der Waals surface area contributed by atoms with Crippen LogP contribution >= 0.6 is 0 Å². The number of carbonyl (C=O) groups excluding carboxylic acids is 1. The average molecular weight is 358 g/mol. The predicted molar refractivity (Wildman–Crippen MR) is 91.1 cm³/mol. The third-order valence-corrected chi connectivity index (χ3v) is 3.87. The average Bonchev–Trinajstić information content (AvgIpc) is 3.08. The Balaban J connectivity index is 1.78. The van der Waals surface area contributed by atoms with E-state index in [0.717, 1.165) is 0 Å². The molecular formula is C18H15FN2O5. The van der Waals surface area contributed by atoms with Crippen molar-refractivity contribution in [3.05, 3.63) is 69.5 Å².